The number of alkyl halides is 3. The molecule has 1 aliphatic rings. The van der Waals surface area contributed by atoms with Crippen molar-refractivity contribution in [2.75, 3.05) is 22.4 Å². The molecule has 38 heavy (non-hydrogen) atoms. The maximum atomic E-state index is 13.1. The number of carbonyl (C=O) groups is 2. The number of aromatic hydroxyl groups is 1. The van der Waals surface area contributed by atoms with Crippen molar-refractivity contribution in [3.8, 4) is 22.6 Å². The fourth-order valence-electron chi connectivity index (χ4n) is 3.56. The highest BCUT2D eigenvalue weighted by Crippen LogP contribution is 2.37. The van der Waals surface area contributed by atoms with Crippen LogP contribution in [0.2, 0.25) is 0 Å². The summed E-state index contributed by atoms with van der Waals surface area (Å²) < 4.78 is 43.4. The number of carboxylic acid groups (broad SMARTS) is 1. The molecule has 3 aromatic rings. The van der Waals surface area contributed by atoms with Crippen molar-refractivity contribution in [1.82, 2.24) is 0 Å². The van der Waals surface area contributed by atoms with Crippen LogP contribution >= 0.6 is 11.8 Å². The van der Waals surface area contributed by atoms with Gasteiger partial charge in [-0.1, -0.05) is 24.3 Å². The highest BCUT2D eigenvalue weighted by atomic mass is 32.2. The molecule has 0 saturated carbocycles. The number of hydrogen-bond donors (Lipinski definition) is 3. The first-order chi connectivity index (χ1) is 18.1. The summed E-state index contributed by atoms with van der Waals surface area (Å²) in [6.07, 6.45) is -4.21. The lowest BCUT2D eigenvalue weighted by atomic mass is 10.0. The van der Waals surface area contributed by atoms with Crippen LogP contribution in [0.3, 0.4) is 0 Å². The average Bonchev–Trinajstić information content (AvgIpc) is 3.18. The number of nitrogens with one attached hydrogen (secondary N) is 1. The molecule has 4 rings (SSSR count). The number of phenols is 1. The third-order valence-corrected chi connectivity index (χ3v) is 5.85. The molecule has 3 N–H and O–H groups in total. The van der Waals surface area contributed by atoms with Crippen molar-refractivity contribution < 1.29 is 37.7 Å². The molecule has 3 aromatic carbocycles. The number of nitrogens with zero attached hydrogens (tertiary/aromatic N) is 3. The fourth-order valence-corrected chi connectivity index (χ4v) is 4.03. The number of phenolic OH excluding ortho intramolecular Hbond substituents is 1. The molecule has 1 amide bonds. The van der Waals surface area contributed by atoms with Crippen LogP contribution in [0, 0.1) is 0 Å². The summed E-state index contributed by atoms with van der Waals surface area (Å²) in [5.74, 6) is -0.523. The van der Waals surface area contributed by atoms with Gasteiger partial charge in [-0.25, -0.2) is 4.79 Å². The number of amides is 1. The van der Waals surface area contributed by atoms with E-state index in [1.54, 1.807) is 30.5 Å². The summed E-state index contributed by atoms with van der Waals surface area (Å²) in [6.45, 7) is 0. The Balaban J connectivity index is 1.60. The Morgan fingerprint density at radius 2 is 1.84 bits per heavy atom. The van der Waals surface area contributed by atoms with Crippen molar-refractivity contribution in [1.29, 1.82) is 0 Å². The summed E-state index contributed by atoms with van der Waals surface area (Å²) in [4.78, 5) is 23.9. The topological polar surface area (TPSA) is 124 Å². The van der Waals surface area contributed by atoms with Gasteiger partial charge in [0, 0.05) is 11.3 Å². The quantitative estimate of drug-likeness (QED) is 0.152. The van der Waals surface area contributed by atoms with Crippen molar-refractivity contribution in [3.63, 3.8) is 0 Å². The monoisotopic (exact) mass is 544 g/mol. The van der Waals surface area contributed by atoms with E-state index < -0.39 is 23.8 Å². The highest BCUT2D eigenvalue weighted by Gasteiger charge is 2.34. The van der Waals surface area contributed by atoms with Gasteiger partial charge in [-0.15, -0.1) is 0 Å². The fraction of sp³-hybridized carbons (Fsp3) is 0.120. The molecule has 1 heterocycles. The Morgan fingerprint density at radius 1 is 1.13 bits per heavy atom. The molecule has 0 atom stereocenters. The molecule has 0 fully saturated rings. The molecule has 0 bridgehead atoms. The standard InChI is InChI=1S/C25H19F3N4O5S/c1-38-13-20-21(23(34)32(31-20)16-10-8-15(9-11-16)25(26,27)28)30-29-19-7-3-6-18(22(19)33)14-4-2-5-17(12-14)37-24(35)36/h2-12,29,33H,13H2,1H3,(H,35,36). The lowest BCUT2D eigenvalue weighted by molar-refractivity contribution is -0.137. The van der Waals surface area contributed by atoms with Crippen LogP contribution in [-0.2, 0) is 11.0 Å². The SMILES string of the molecule is CSCC1=NN(c2ccc(C(F)(F)F)cc2)C(=O)C1=NNc1cccc(-c2cccc(OC(=O)O)c2)c1O. The number of carbonyl (C=O) groups excluding carboxylic acids is 1. The molecule has 13 heteroatoms. The Hall–Kier alpha value is -4.52. The number of benzene rings is 3. The number of thioether (sulfide) groups is 1. The van der Waals surface area contributed by atoms with Gasteiger partial charge in [0.05, 0.1) is 16.9 Å². The zero-order valence-corrected chi connectivity index (χ0v) is 20.4. The summed E-state index contributed by atoms with van der Waals surface area (Å²) in [5.41, 5.74) is 3.12. The Labute approximate surface area is 218 Å². The number of anilines is 2. The highest BCUT2D eigenvalue weighted by molar-refractivity contribution is 7.99. The van der Waals surface area contributed by atoms with Crippen molar-refractivity contribution in [2.24, 2.45) is 10.2 Å². The summed E-state index contributed by atoms with van der Waals surface area (Å²) in [7, 11) is 0. The number of para-hydroxylation sites is 1. The first-order valence-corrected chi connectivity index (χ1v) is 12.2. The Kier molecular flexibility index (Phi) is 7.57. The molecule has 0 aromatic heterocycles. The molecular weight excluding hydrogens is 525 g/mol. The summed E-state index contributed by atoms with van der Waals surface area (Å²) >= 11 is 1.37. The number of halogens is 3. The molecule has 1 aliphatic heterocycles. The molecular formula is C25H19F3N4O5S. The van der Waals surface area contributed by atoms with Crippen LogP contribution < -0.4 is 15.2 Å². The molecule has 0 aliphatic carbocycles. The van der Waals surface area contributed by atoms with Crippen LogP contribution in [0.15, 0.2) is 76.9 Å². The number of ether oxygens (including phenoxy) is 1. The summed E-state index contributed by atoms with van der Waals surface area (Å²) in [5, 5.41) is 29.0. The molecule has 0 unspecified atom stereocenters. The van der Waals surface area contributed by atoms with E-state index in [2.05, 4.69) is 20.4 Å². The predicted octanol–water partition coefficient (Wildman–Crippen LogP) is 5.67. The average molecular weight is 545 g/mol. The van der Waals surface area contributed by atoms with Gasteiger partial charge in [-0.3, -0.25) is 10.2 Å². The Bertz CT molecular complexity index is 1440. The number of hydrazone groups is 2. The zero-order valence-electron chi connectivity index (χ0n) is 19.6. The van der Waals surface area contributed by atoms with E-state index in [9.17, 15) is 27.9 Å². The largest absolute Gasteiger partial charge is 0.511 e. The smallest absolute Gasteiger partial charge is 0.505 e. The van der Waals surface area contributed by atoms with Gasteiger partial charge in [0.1, 0.15) is 17.2 Å². The van der Waals surface area contributed by atoms with Gasteiger partial charge < -0.3 is 14.9 Å². The van der Waals surface area contributed by atoms with Crippen molar-refractivity contribution in [3.05, 3.63) is 72.3 Å². The second-order valence-electron chi connectivity index (χ2n) is 7.81. The van der Waals surface area contributed by atoms with E-state index in [0.29, 0.717) is 22.6 Å². The van der Waals surface area contributed by atoms with Gasteiger partial charge in [-0.2, -0.15) is 40.1 Å². The van der Waals surface area contributed by atoms with E-state index >= 15 is 0 Å². The normalized spacial score (nSPS) is 14.5. The number of hydrogen-bond acceptors (Lipinski definition) is 8. The minimum Gasteiger partial charge on any atom is -0.505 e. The zero-order chi connectivity index (χ0) is 27.4. The van der Waals surface area contributed by atoms with E-state index in [-0.39, 0.29) is 28.6 Å². The second kappa shape index (κ2) is 10.8. The molecule has 196 valence electrons. The summed E-state index contributed by atoms with van der Waals surface area (Å²) in [6, 6.07) is 14.8. The van der Waals surface area contributed by atoms with Gasteiger partial charge in [-0.05, 0) is 54.3 Å². The third kappa shape index (κ3) is 5.72. The van der Waals surface area contributed by atoms with Gasteiger partial charge in [0.2, 0.25) is 0 Å². The van der Waals surface area contributed by atoms with E-state index in [0.717, 1.165) is 29.3 Å². The first kappa shape index (κ1) is 26.5. The lowest BCUT2D eigenvalue weighted by Crippen LogP contribution is -2.29. The molecule has 0 radical (unpaired) electrons. The minimum absolute atomic E-state index is 0.0610. The Morgan fingerprint density at radius 3 is 2.50 bits per heavy atom. The third-order valence-electron chi connectivity index (χ3n) is 5.28. The van der Waals surface area contributed by atoms with E-state index in [1.807, 2.05) is 0 Å². The minimum atomic E-state index is -4.52. The predicted molar refractivity (Wildman–Crippen MR) is 138 cm³/mol. The van der Waals surface area contributed by atoms with E-state index in [1.165, 1.54) is 30.0 Å². The second-order valence-corrected chi connectivity index (χ2v) is 8.68. The molecule has 9 nitrogen and oxygen atoms in total. The van der Waals surface area contributed by atoms with Crippen LogP contribution in [-0.4, -0.2) is 45.7 Å². The lowest BCUT2D eigenvalue weighted by Gasteiger charge is -2.13. The van der Waals surface area contributed by atoms with E-state index in [4.69, 9.17) is 5.11 Å². The van der Waals surface area contributed by atoms with Crippen LogP contribution in [0.4, 0.5) is 29.3 Å². The van der Waals surface area contributed by atoms with Crippen molar-refractivity contribution >= 4 is 46.6 Å². The number of rotatable bonds is 7. The van der Waals surface area contributed by atoms with Crippen LogP contribution in [0.25, 0.3) is 11.1 Å². The van der Waals surface area contributed by atoms with Crippen LogP contribution in [0.5, 0.6) is 11.5 Å². The maximum Gasteiger partial charge on any atom is 0.511 e. The van der Waals surface area contributed by atoms with Crippen molar-refractivity contribution in [2.45, 2.75) is 6.18 Å². The van der Waals surface area contributed by atoms with Gasteiger partial charge >= 0.3 is 18.2 Å². The molecule has 0 saturated heterocycles. The maximum absolute atomic E-state index is 13.1. The van der Waals surface area contributed by atoms with Crippen LogP contribution in [0.1, 0.15) is 5.56 Å². The van der Waals surface area contributed by atoms with Gasteiger partial charge in [0.25, 0.3) is 0 Å². The molecule has 0 spiro atoms. The van der Waals surface area contributed by atoms with Gasteiger partial charge in [0.15, 0.2) is 5.71 Å². The first-order valence-electron chi connectivity index (χ1n) is 10.8.